The zero-order valence-corrected chi connectivity index (χ0v) is 20.5. The second kappa shape index (κ2) is 10.3. The molecule has 2 amide bonds. The summed E-state index contributed by atoms with van der Waals surface area (Å²) in [5.41, 5.74) is -1.78. The number of rotatable bonds is 8. The lowest BCUT2D eigenvalue weighted by Crippen LogP contribution is -2.49. The Labute approximate surface area is 215 Å². The molecule has 3 aromatic rings. The summed E-state index contributed by atoms with van der Waals surface area (Å²) in [7, 11) is 1.56. The van der Waals surface area contributed by atoms with Crippen molar-refractivity contribution >= 4 is 11.8 Å². The molecule has 3 N–H and O–H groups in total. The van der Waals surface area contributed by atoms with Gasteiger partial charge in [-0.2, -0.15) is 13.2 Å². The van der Waals surface area contributed by atoms with Gasteiger partial charge in [0, 0.05) is 24.9 Å². The SMILES string of the molecule is CC(O)c1ccc(Oc2ccc(CNC(=O)C3(NC(=O)c4ccn(C)c(=O)c4)CC3)nc2)c(C(F)(F)F)c1. The number of carbonyl (C=O) groups is 2. The van der Waals surface area contributed by atoms with Gasteiger partial charge in [0.2, 0.25) is 5.91 Å². The molecule has 0 bridgehead atoms. The quantitative estimate of drug-likeness (QED) is 0.411. The fourth-order valence-electron chi connectivity index (χ4n) is 3.67. The van der Waals surface area contributed by atoms with Crippen LogP contribution in [0.1, 0.15) is 53.0 Å². The lowest BCUT2D eigenvalue weighted by Gasteiger charge is -2.17. The van der Waals surface area contributed by atoms with Crippen molar-refractivity contribution in [3.05, 3.63) is 87.6 Å². The fourth-order valence-corrected chi connectivity index (χ4v) is 3.67. The molecule has 1 atom stereocenters. The van der Waals surface area contributed by atoms with E-state index in [1.54, 1.807) is 7.05 Å². The first-order valence-electron chi connectivity index (χ1n) is 11.7. The predicted molar refractivity (Wildman–Crippen MR) is 129 cm³/mol. The van der Waals surface area contributed by atoms with Gasteiger partial charge in [-0.15, -0.1) is 0 Å². The molecule has 0 saturated heterocycles. The molecule has 1 unspecified atom stereocenters. The maximum atomic E-state index is 13.5. The normalized spacial score (nSPS) is 14.9. The third-order valence-corrected chi connectivity index (χ3v) is 6.15. The highest BCUT2D eigenvalue weighted by atomic mass is 19.4. The lowest BCUT2D eigenvalue weighted by atomic mass is 10.1. The van der Waals surface area contributed by atoms with Gasteiger partial charge in [-0.25, -0.2) is 0 Å². The van der Waals surface area contributed by atoms with E-state index in [0.29, 0.717) is 18.5 Å². The van der Waals surface area contributed by atoms with E-state index in [4.69, 9.17) is 4.74 Å². The number of carbonyl (C=O) groups excluding carboxylic acids is 2. The van der Waals surface area contributed by atoms with Gasteiger partial charge in [0.25, 0.3) is 11.5 Å². The summed E-state index contributed by atoms with van der Waals surface area (Å²) in [4.78, 5) is 41.2. The van der Waals surface area contributed by atoms with Gasteiger partial charge in [0.1, 0.15) is 17.0 Å². The highest BCUT2D eigenvalue weighted by Crippen LogP contribution is 2.39. The van der Waals surface area contributed by atoms with E-state index in [-0.39, 0.29) is 29.0 Å². The number of amides is 2. The van der Waals surface area contributed by atoms with Crippen LogP contribution >= 0.6 is 0 Å². The largest absolute Gasteiger partial charge is 0.455 e. The van der Waals surface area contributed by atoms with Crippen molar-refractivity contribution in [3.8, 4) is 11.5 Å². The number of alkyl halides is 3. The number of halogens is 3. The number of aliphatic hydroxyl groups is 1. The Morgan fingerprint density at radius 1 is 1.18 bits per heavy atom. The zero-order chi connectivity index (χ0) is 27.7. The van der Waals surface area contributed by atoms with Gasteiger partial charge in [0.15, 0.2) is 0 Å². The summed E-state index contributed by atoms with van der Waals surface area (Å²) in [6.07, 6.45) is -2.20. The average molecular weight is 531 g/mol. The van der Waals surface area contributed by atoms with Crippen LogP contribution in [0.15, 0.2) is 59.7 Å². The van der Waals surface area contributed by atoms with Crippen LogP contribution in [0, 0.1) is 0 Å². The number of pyridine rings is 2. The van der Waals surface area contributed by atoms with Crippen LogP contribution in [-0.4, -0.2) is 32.0 Å². The van der Waals surface area contributed by atoms with E-state index >= 15 is 0 Å². The number of hydrogen-bond acceptors (Lipinski definition) is 6. The molecule has 2 aromatic heterocycles. The molecule has 4 rings (SSSR count). The molecule has 1 fully saturated rings. The number of aliphatic hydroxyl groups excluding tert-OH is 1. The minimum atomic E-state index is -4.69. The maximum absolute atomic E-state index is 13.5. The van der Waals surface area contributed by atoms with Crippen molar-refractivity contribution in [3.63, 3.8) is 0 Å². The van der Waals surface area contributed by atoms with Crippen LogP contribution in [0.2, 0.25) is 0 Å². The molecule has 1 aromatic carbocycles. The molecule has 0 spiro atoms. The minimum Gasteiger partial charge on any atom is -0.455 e. The topological polar surface area (TPSA) is 123 Å². The number of aryl methyl sites for hydroxylation is 1. The van der Waals surface area contributed by atoms with E-state index < -0.39 is 40.9 Å². The van der Waals surface area contributed by atoms with Crippen LogP contribution in [-0.2, 0) is 24.6 Å². The number of nitrogens with zero attached hydrogens (tertiary/aromatic N) is 2. The van der Waals surface area contributed by atoms with Gasteiger partial charge < -0.3 is 25.0 Å². The number of hydrogen-bond donors (Lipinski definition) is 3. The molecule has 9 nitrogen and oxygen atoms in total. The summed E-state index contributed by atoms with van der Waals surface area (Å²) in [6, 6.07) is 8.90. The van der Waals surface area contributed by atoms with Gasteiger partial charge >= 0.3 is 6.18 Å². The highest BCUT2D eigenvalue weighted by Gasteiger charge is 2.51. The van der Waals surface area contributed by atoms with E-state index in [2.05, 4.69) is 15.6 Å². The van der Waals surface area contributed by atoms with Crippen molar-refractivity contribution in [2.75, 3.05) is 0 Å². The second-order valence-electron chi connectivity index (χ2n) is 9.10. The molecule has 12 heteroatoms. The van der Waals surface area contributed by atoms with Crippen molar-refractivity contribution in [1.82, 2.24) is 20.2 Å². The van der Waals surface area contributed by atoms with Crippen molar-refractivity contribution < 1.29 is 32.6 Å². The second-order valence-corrected chi connectivity index (χ2v) is 9.10. The molecule has 0 aliphatic heterocycles. The first kappa shape index (κ1) is 26.9. The Balaban J connectivity index is 1.37. The summed E-state index contributed by atoms with van der Waals surface area (Å²) < 4.78 is 47.2. The molecule has 1 aliphatic carbocycles. The maximum Gasteiger partial charge on any atom is 0.419 e. The van der Waals surface area contributed by atoms with Crippen LogP contribution < -0.4 is 20.9 Å². The van der Waals surface area contributed by atoms with Crippen LogP contribution in [0.4, 0.5) is 13.2 Å². The first-order chi connectivity index (χ1) is 17.9. The van der Waals surface area contributed by atoms with Crippen LogP contribution in [0.5, 0.6) is 11.5 Å². The van der Waals surface area contributed by atoms with E-state index in [9.17, 15) is 32.7 Å². The Hall–Kier alpha value is -4.19. The molecule has 1 aliphatic rings. The van der Waals surface area contributed by atoms with E-state index in [1.807, 2.05) is 0 Å². The molecule has 2 heterocycles. The van der Waals surface area contributed by atoms with Crippen molar-refractivity contribution in [2.45, 2.75) is 44.1 Å². The Morgan fingerprint density at radius 2 is 1.92 bits per heavy atom. The summed E-state index contributed by atoms with van der Waals surface area (Å²) >= 11 is 0. The number of benzene rings is 1. The first-order valence-corrected chi connectivity index (χ1v) is 11.7. The third-order valence-electron chi connectivity index (χ3n) is 6.15. The minimum absolute atomic E-state index is 0.0134. The standard InChI is InChI=1S/C26H25F3N4O5/c1-15(34)16-3-6-21(20(11-16)26(27,28)29)38-19-5-4-18(30-14-19)13-31-24(37)25(8-9-25)32-23(36)17-7-10-33(2)22(35)12-17/h3-7,10-12,14-15,34H,8-9,13H2,1-2H3,(H,31,37)(H,32,36). The monoisotopic (exact) mass is 530 g/mol. The summed E-state index contributed by atoms with van der Waals surface area (Å²) in [6.45, 7) is 1.38. The molecule has 1 saturated carbocycles. The third kappa shape index (κ3) is 6.02. The van der Waals surface area contributed by atoms with E-state index in [0.717, 1.165) is 12.1 Å². The number of nitrogens with one attached hydrogen (secondary N) is 2. The van der Waals surface area contributed by atoms with Crippen molar-refractivity contribution in [1.29, 1.82) is 0 Å². The molecular weight excluding hydrogens is 505 g/mol. The summed E-state index contributed by atoms with van der Waals surface area (Å²) in [5, 5.41) is 15.0. The van der Waals surface area contributed by atoms with Gasteiger partial charge in [-0.3, -0.25) is 19.4 Å². The highest BCUT2D eigenvalue weighted by molar-refractivity contribution is 6.00. The number of aromatic nitrogens is 2. The number of ether oxygens (including phenoxy) is 1. The zero-order valence-electron chi connectivity index (χ0n) is 20.5. The molecule has 200 valence electrons. The van der Waals surface area contributed by atoms with Gasteiger partial charge in [-0.05, 0) is 55.7 Å². The lowest BCUT2D eigenvalue weighted by molar-refractivity contribution is -0.138. The average Bonchev–Trinajstić information content (AvgIpc) is 3.65. The Kier molecular flexibility index (Phi) is 7.27. The van der Waals surface area contributed by atoms with Crippen LogP contribution in [0.25, 0.3) is 0 Å². The van der Waals surface area contributed by atoms with Gasteiger partial charge in [-0.1, -0.05) is 6.07 Å². The Bertz CT molecular complexity index is 1410. The van der Waals surface area contributed by atoms with Crippen LogP contribution in [0.3, 0.4) is 0 Å². The smallest absolute Gasteiger partial charge is 0.419 e. The van der Waals surface area contributed by atoms with E-state index in [1.165, 1.54) is 54.2 Å². The molecule has 38 heavy (non-hydrogen) atoms. The molecular formula is C26H25F3N4O5. The predicted octanol–water partition coefficient (Wildman–Crippen LogP) is 3.22. The van der Waals surface area contributed by atoms with Crippen molar-refractivity contribution in [2.24, 2.45) is 7.05 Å². The summed E-state index contributed by atoms with van der Waals surface area (Å²) in [5.74, 6) is -1.33. The Morgan fingerprint density at radius 3 is 2.50 bits per heavy atom. The fraction of sp³-hybridized carbons (Fsp3) is 0.308. The molecule has 0 radical (unpaired) electrons. The van der Waals surface area contributed by atoms with Gasteiger partial charge in [0.05, 0.1) is 30.1 Å².